The SMILES string of the molecule is C=C1CC(CNS(=O)(=O)c2cc(C#N)ccc2[C@H]2NC(=O)N(c3cccc(C(F)(F)F)c3)C(C)=C2C#N)CN1. The molecule has 2 amide bonds. The van der Waals surface area contributed by atoms with Gasteiger partial charge in [-0.05, 0) is 55.2 Å². The molecule has 4 rings (SSSR count). The highest BCUT2D eigenvalue weighted by atomic mass is 32.2. The first-order valence-electron chi connectivity index (χ1n) is 11.7. The molecule has 3 N–H and O–H groups in total. The highest BCUT2D eigenvalue weighted by molar-refractivity contribution is 7.89. The number of hydrogen-bond acceptors (Lipinski definition) is 6. The highest BCUT2D eigenvalue weighted by Gasteiger charge is 2.37. The average molecular weight is 557 g/mol. The Morgan fingerprint density at radius 2 is 1.92 bits per heavy atom. The van der Waals surface area contributed by atoms with Gasteiger partial charge < -0.3 is 10.6 Å². The normalized spacial score (nSPS) is 19.8. The maximum Gasteiger partial charge on any atom is 0.416 e. The number of anilines is 1. The summed E-state index contributed by atoms with van der Waals surface area (Å²) in [6.07, 6.45) is -4.07. The Hall–Kier alpha value is -4.33. The number of nitriles is 2. The Morgan fingerprint density at radius 3 is 2.54 bits per heavy atom. The molecular formula is C26H23F3N6O3S. The Morgan fingerprint density at radius 1 is 1.18 bits per heavy atom. The zero-order valence-electron chi connectivity index (χ0n) is 20.6. The third kappa shape index (κ3) is 5.60. The van der Waals surface area contributed by atoms with Crippen molar-refractivity contribution in [1.82, 2.24) is 15.4 Å². The first-order valence-corrected chi connectivity index (χ1v) is 13.2. The number of carbonyl (C=O) groups excluding carboxylic acids is 1. The van der Waals surface area contributed by atoms with E-state index in [-0.39, 0.29) is 45.4 Å². The number of nitrogens with one attached hydrogen (secondary N) is 3. The zero-order chi connectivity index (χ0) is 28.5. The van der Waals surface area contributed by atoms with Crippen LogP contribution in [0.1, 0.15) is 36.1 Å². The Kier molecular flexibility index (Phi) is 7.41. The number of benzene rings is 2. The molecule has 0 saturated carbocycles. The molecule has 2 heterocycles. The molecule has 0 spiro atoms. The molecule has 2 aliphatic heterocycles. The molecule has 0 bridgehead atoms. The number of allylic oxidation sites excluding steroid dienone is 2. The molecule has 13 heteroatoms. The molecule has 2 atom stereocenters. The quantitative estimate of drug-likeness (QED) is 0.491. The molecule has 0 aliphatic carbocycles. The molecule has 9 nitrogen and oxygen atoms in total. The lowest BCUT2D eigenvalue weighted by Gasteiger charge is -2.34. The van der Waals surface area contributed by atoms with Gasteiger partial charge >= 0.3 is 12.2 Å². The van der Waals surface area contributed by atoms with Crippen molar-refractivity contribution in [2.45, 2.75) is 30.5 Å². The highest BCUT2D eigenvalue weighted by Crippen LogP contribution is 2.38. The van der Waals surface area contributed by atoms with Crippen molar-refractivity contribution in [2.75, 3.05) is 18.0 Å². The van der Waals surface area contributed by atoms with E-state index in [1.54, 1.807) is 0 Å². The fourth-order valence-electron chi connectivity index (χ4n) is 4.56. The van der Waals surface area contributed by atoms with Crippen LogP contribution in [0.3, 0.4) is 0 Å². The van der Waals surface area contributed by atoms with Crippen molar-refractivity contribution in [3.8, 4) is 12.1 Å². The van der Waals surface area contributed by atoms with E-state index in [0.717, 1.165) is 34.9 Å². The molecule has 1 fully saturated rings. The Balaban J connectivity index is 1.76. The summed E-state index contributed by atoms with van der Waals surface area (Å²) >= 11 is 0. The van der Waals surface area contributed by atoms with Gasteiger partial charge in [-0.15, -0.1) is 0 Å². The lowest BCUT2D eigenvalue weighted by atomic mass is 9.94. The van der Waals surface area contributed by atoms with Gasteiger partial charge in [-0.3, -0.25) is 4.90 Å². The average Bonchev–Trinajstić information content (AvgIpc) is 3.31. The number of sulfonamides is 1. The fraction of sp³-hybridized carbons (Fsp3) is 0.269. The molecule has 39 heavy (non-hydrogen) atoms. The van der Waals surface area contributed by atoms with Gasteiger partial charge in [0.15, 0.2) is 0 Å². The number of halogens is 3. The maximum atomic E-state index is 13.4. The lowest BCUT2D eigenvalue weighted by molar-refractivity contribution is -0.137. The zero-order valence-corrected chi connectivity index (χ0v) is 21.4. The monoisotopic (exact) mass is 556 g/mol. The van der Waals surface area contributed by atoms with Crippen LogP contribution in [0.5, 0.6) is 0 Å². The van der Waals surface area contributed by atoms with E-state index in [9.17, 15) is 36.9 Å². The fourth-order valence-corrected chi connectivity index (χ4v) is 5.95. The Labute approximate surface area is 223 Å². The summed E-state index contributed by atoms with van der Waals surface area (Å²) in [5.41, 5.74) is -0.279. The van der Waals surface area contributed by atoms with E-state index < -0.39 is 33.8 Å². The third-order valence-corrected chi connectivity index (χ3v) is 8.00. The van der Waals surface area contributed by atoms with Crippen molar-refractivity contribution in [3.05, 3.63) is 82.7 Å². The van der Waals surface area contributed by atoms with Crippen molar-refractivity contribution < 1.29 is 26.4 Å². The predicted molar refractivity (Wildman–Crippen MR) is 135 cm³/mol. The minimum Gasteiger partial charge on any atom is -0.388 e. The molecule has 1 unspecified atom stereocenters. The summed E-state index contributed by atoms with van der Waals surface area (Å²) < 4.78 is 69.1. The van der Waals surface area contributed by atoms with Crippen molar-refractivity contribution in [2.24, 2.45) is 5.92 Å². The van der Waals surface area contributed by atoms with Gasteiger partial charge in [0.25, 0.3) is 0 Å². The second kappa shape index (κ2) is 10.4. The molecular weight excluding hydrogens is 533 g/mol. The van der Waals surface area contributed by atoms with E-state index in [1.165, 1.54) is 25.1 Å². The standard InChI is InChI=1S/C26H23F3N6O3S/c1-15-8-18(13-32-15)14-33-39(37,38)23-9-17(11-30)6-7-21(23)24-22(12-31)16(2)35(25(36)34-24)20-5-3-4-19(10-20)26(27,28)29/h3-7,9-10,18,24,32-33H,1,8,13-14H2,2H3,(H,34,36)/t18?,24-/m1/s1. The number of urea groups is 1. The summed E-state index contributed by atoms with van der Waals surface area (Å²) in [4.78, 5) is 13.8. The van der Waals surface area contributed by atoms with Gasteiger partial charge in [0.1, 0.15) is 0 Å². The second-order valence-corrected chi connectivity index (χ2v) is 10.9. The predicted octanol–water partition coefficient (Wildman–Crippen LogP) is 4.05. The minimum absolute atomic E-state index is 0.0294. The van der Waals surface area contributed by atoms with Crippen LogP contribution >= 0.6 is 0 Å². The van der Waals surface area contributed by atoms with Gasteiger partial charge in [-0.2, -0.15) is 23.7 Å². The van der Waals surface area contributed by atoms with E-state index >= 15 is 0 Å². The van der Waals surface area contributed by atoms with Gasteiger partial charge in [-0.25, -0.2) is 17.9 Å². The number of nitrogens with zero attached hydrogens (tertiary/aromatic N) is 3. The van der Waals surface area contributed by atoms with Crippen LogP contribution < -0.4 is 20.3 Å². The smallest absolute Gasteiger partial charge is 0.388 e. The summed E-state index contributed by atoms with van der Waals surface area (Å²) in [6.45, 7) is 5.84. The topological polar surface area (TPSA) is 138 Å². The summed E-state index contributed by atoms with van der Waals surface area (Å²) in [6, 6.07) is 9.67. The summed E-state index contributed by atoms with van der Waals surface area (Å²) in [5.74, 6) is -0.0397. The molecule has 2 aliphatic rings. The van der Waals surface area contributed by atoms with Crippen LogP contribution in [0.25, 0.3) is 0 Å². The second-order valence-electron chi connectivity index (χ2n) is 9.15. The van der Waals surface area contributed by atoms with E-state index in [2.05, 4.69) is 21.9 Å². The van der Waals surface area contributed by atoms with Crippen LogP contribution in [-0.4, -0.2) is 27.5 Å². The minimum atomic E-state index is -4.65. The maximum absolute atomic E-state index is 13.4. The largest absolute Gasteiger partial charge is 0.416 e. The van der Waals surface area contributed by atoms with E-state index in [1.807, 2.05) is 12.1 Å². The molecule has 2 aromatic carbocycles. The first-order chi connectivity index (χ1) is 18.4. The third-order valence-electron chi connectivity index (χ3n) is 6.52. The Bertz CT molecular complexity index is 1570. The van der Waals surface area contributed by atoms with Crippen LogP contribution in [0.4, 0.5) is 23.7 Å². The van der Waals surface area contributed by atoms with Crippen LogP contribution in [-0.2, 0) is 16.2 Å². The van der Waals surface area contributed by atoms with E-state index in [4.69, 9.17) is 0 Å². The van der Waals surface area contributed by atoms with Crippen LogP contribution in [0.2, 0.25) is 0 Å². The van der Waals surface area contributed by atoms with Gasteiger partial charge in [0.2, 0.25) is 10.0 Å². The van der Waals surface area contributed by atoms with Crippen LogP contribution in [0.15, 0.2) is 70.9 Å². The molecule has 1 saturated heterocycles. The van der Waals surface area contributed by atoms with Crippen molar-refractivity contribution in [3.63, 3.8) is 0 Å². The molecule has 2 aromatic rings. The first kappa shape index (κ1) is 27.7. The van der Waals surface area contributed by atoms with Gasteiger partial charge in [0.05, 0.1) is 45.5 Å². The number of carbonyl (C=O) groups is 1. The van der Waals surface area contributed by atoms with Gasteiger partial charge in [0, 0.05) is 24.5 Å². The number of alkyl halides is 3. The molecule has 0 radical (unpaired) electrons. The molecule has 0 aromatic heterocycles. The van der Waals surface area contributed by atoms with Crippen molar-refractivity contribution >= 4 is 21.7 Å². The summed E-state index contributed by atoms with van der Waals surface area (Å²) in [7, 11) is -4.21. The number of rotatable bonds is 6. The molecule has 202 valence electrons. The van der Waals surface area contributed by atoms with Crippen LogP contribution in [0, 0.1) is 28.6 Å². The van der Waals surface area contributed by atoms with Gasteiger partial charge in [-0.1, -0.05) is 18.7 Å². The number of amides is 2. The summed E-state index contributed by atoms with van der Waals surface area (Å²) in [5, 5.41) is 25.0. The lowest BCUT2D eigenvalue weighted by Crippen LogP contribution is -2.47. The van der Waals surface area contributed by atoms with Crippen molar-refractivity contribution in [1.29, 1.82) is 10.5 Å². The van der Waals surface area contributed by atoms with E-state index in [0.29, 0.717) is 13.0 Å². The number of hydrogen-bond donors (Lipinski definition) is 3.